The minimum Gasteiger partial charge on any atom is -0.496 e. The number of ether oxygens (including phenoxy) is 2. The topological polar surface area (TPSA) is 44.5 Å². The summed E-state index contributed by atoms with van der Waals surface area (Å²) in [5.41, 5.74) is 6.25. The van der Waals surface area contributed by atoms with Crippen molar-refractivity contribution in [2.45, 2.75) is 63.5 Å². The first-order valence-electron chi connectivity index (χ1n) is 7.01. The lowest BCUT2D eigenvalue weighted by atomic mass is 9.85. The van der Waals surface area contributed by atoms with Crippen LogP contribution < -0.4 is 5.73 Å². The summed E-state index contributed by atoms with van der Waals surface area (Å²) in [5.74, 6) is 0.959. The Kier molecular flexibility index (Phi) is 4.46. The van der Waals surface area contributed by atoms with Gasteiger partial charge in [-0.25, -0.2) is 0 Å². The summed E-state index contributed by atoms with van der Waals surface area (Å²) >= 11 is 0. The van der Waals surface area contributed by atoms with Crippen molar-refractivity contribution in [1.82, 2.24) is 0 Å². The zero-order chi connectivity index (χ0) is 12.1. The number of rotatable bonds is 4. The normalized spacial score (nSPS) is 25.9. The number of hydrogen-bond donors (Lipinski definition) is 1. The zero-order valence-electron chi connectivity index (χ0n) is 10.9. The predicted molar refractivity (Wildman–Crippen MR) is 68.7 cm³/mol. The molecular formula is C14H25NO2. The van der Waals surface area contributed by atoms with E-state index < -0.39 is 0 Å². The van der Waals surface area contributed by atoms with Crippen LogP contribution in [-0.4, -0.2) is 24.9 Å². The Morgan fingerprint density at radius 1 is 1.35 bits per heavy atom. The van der Waals surface area contributed by atoms with E-state index >= 15 is 0 Å². The second-order valence-electron chi connectivity index (χ2n) is 5.13. The van der Waals surface area contributed by atoms with Crippen molar-refractivity contribution in [3.8, 4) is 0 Å². The fourth-order valence-electron chi connectivity index (χ4n) is 3.07. The van der Waals surface area contributed by atoms with Crippen molar-refractivity contribution in [2.24, 2.45) is 5.73 Å². The van der Waals surface area contributed by atoms with Crippen molar-refractivity contribution >= 4 is 0 Å². The fourth-order valence-corrected chi connectivity index (χ4v) is 3.07. The van der Waals surface area contributed by atoms with Crippen molar-refractivity contribution in [1.29, 1.82) is 0 Å². The monoisotopic (exact) mass is 239 g/mol. The van der Waals surface area contributed by atoms with Crippen LogP contribution in [0.5, 0.6) is 0 Å². The van der Waals surface area contributed by atoms with Gasteiger partial charge >= 0.3 is 0 Å². The molecule has 1 unspecified atom stereocenters. The van der Waals surface area contributed by atoms with Crippen LogP contribution in [0.4, 0.5) is 0 Å². The highest BCUT2D eigenvalue weighted by Gasteiger charge is 2.41. The molecule has 0 radical (unpaired) electrons. The second-order valence-corrected chi connectivity index (χ2v) is 5.13. The summed E-state index contributed by atoms with van der Waals surface area (Å²) < 4.78 is 11.7. The summed E-state index contributed by atoms with van der Waals surface area (Å²) in [7, 11) is 0. The molecule has 3 heteroatoms. The molecule has 0 bridgehead atoms. The summed E-state index contributed by atoms with van der Waals surface area (Å²) in [6.45, 7) is 3.58. The maximum Gasteiger partial charge on any atom is 0.112 e. The number of hydrogen-bond acceptors (Lipinski definition) is 3. The largest absolute Gasteiger partial charge is 0.496 e. The molecule has 1 aliphatic carbocycles. The quantitative estimate of drug-likeness (QED) is 0.767. The maximum absolute atomic E-state index is 6.43. The molecule has 2 N–H and O–H groups in total. The Morgan fingerprint density at radius 2 is 2.06 bits per heavy atom. The third kappa shape index (κ3) is 2.83. The van der Waals surface area contributed by atoms with Crippen LogP contribution in [0.15, 0.2) is 11.8 Å². The smallest absolute Gasteiger partial charge is 0.112 e. The van der Waals surface area contributed by atoms with Gasteiger partial charge in [-0.15, -0.1) is 0 Å². The lowest BCUT2D eigenvalue weighted by molar-refractivity contribution is -0.0693. The molecule has 1 aliphatic heterocycles. The zero-order valence-corrected chi connectivity index (χ0v) is 10.9. The van der Waals surface area contributed by atoms with E-state index in [2.05, 4.69) is 13.0 Å². The molecule has 1 atom stereocenters. The lowest BCUT2D eigenvalue weighted by Gasteiger charge is -2.38. The highest BCUT2D eigenvalue weighted by Crippen LogP contribution is 2.36. The standard InChI is InChI=1S/C14H25NO2/c1-2-17-14(9-5-3-4-6-10-14)13(15)12-8-7-11-16-12/h8,13H,2-7,9-11,15H2,1H3. The Labute approximate surface area is 104 Å². The van der Waals surface area contributed by atoms with Crippen LogP contribution in [0.2, 0.25) is 0 Å². The third-order valence-electron chi connectivity index (χ3n) is 3.99. The molecule has 2 aliphatic rings. The van der Waals surface area contributed by atoms with Gasteiger partial charge in [0.25, 0.3) is 0 Å². The van der Waals surface area contributed by atoms with Crippen LogP contribution in [0, 0.1) is 0 Å². The second kappa shape index (κ2) is 5.87. The van der Waals surface area contributed by atoms with Crippen LogP contribution in [-0.2, 0) is 9.47 Å². The van der Waals surface area contributed by atoms with Crippen molar-refractivity contribution in [3.63, 3.8) is 0 Å². The lowest BCUT2D eigenvalue weighted by Crippen LogP contribution is -2.51. The average Bonchev–Trinajstić information content (AvgIpc) is 2.76. The SMILES string of the molecule is CCOC1(C(N)C2=CCCO2)CCCCCC1. The third-order valence-corrected chi connectivity index (χ3v) is 3.99. The summed E-state index contributed by atoms with van der Waals surface area (Å²) in [6.07, 6.45) is 10.3. The maximum atomic E-state index is 6.43. The van der Waals surface area contributed by atoms with Gasteiger partial charge in [0.05, 0.1) is 18.2 Å². The molecular weight excluding hydrogens is 214 g/mol. The molecule has 1 fully saturated rings. The summed E-state index contributed by atoms with van der Waals surface area (Å²) in [5, 5.41) is 0. The molecule has 0 aromatic heterocycles. The number of nitrogens with two attached hydrogens (primary N) is 1. The fraction of sp³-hybridized carbons (Fsp3) is 0.857. The molecule has 0 saturated heterocycles. The van der Waals surface area contributed by atoms with Gasteiger partial charge in [-0.05, 0) is 25.8 Å². The van der Waals surface area contributed by atoms with E-state index in [4.69, 9.17) is 15.2 Å². The van der Waals surface area contributed by atoms with Crippen molar-refractivity contribution < 1.29 is 9.47 Å². The van der Waals surface area contributed by atoms with E-state index in [1.807, 2.05) is 0 Å². The van der Waals surface area contributed by atoms with Crippen LogP contribution >= 0.6 is 0 Å². The van der Waals surface area contributed by atoms with E-state index in [9.17, 15) is 0 Å². The van der Waals surface area contributed by atoms with Crippen molar-refractivity contribution in [2.75, 3.05) is 13.2 Å². The molecule has 0 aromatic rings. The molecule has 98 valence electrons. The van der Waals surface area contributed by atoms with Crippen LogP contribution in [0.25, 0.3) is 0 Å². The molecule has 17 heavy (non-hydrogen) atoms. The van der Waals surface area contributed by atoms with E-state index in [1.54, 1.807) is 0 Å². The van der Waals surface area contributed by atoms with Gasteiger partial charge < -0.3 is 15.2 Å². The minimum absolute atomic E-state index is 0.0805. The Balaban J connectivity index is 2.12. The Morgan fingerprint density at radius 3 is 2.59 bits per heavy atom. The predicted octanol–water partition coefficient (Wildman–Crippen LogP) is 2.75. The highest BCUT2D eigenvalue weighted by atomic mass is 16.5. The van der Waals surface area contributed by atoms with Gasteiger partial charge in [0.1, 0.15) is 5.76 Å². The van der Waals surface area contributed by atoms with E-state index in [0.29, 0.717) is 0 Å². The first-order chi connectivity index (χ1) is 8.28. The Hall–Kier alpha value is -0.540. The van der Waals surface area contributed by atoms with Gasteiger partial charge in [0.2, 0.25) is 0 Å². The molecule has 1 heterocycles. The van der Waals surface area contributed by atoms with Crippen molar-refractivity contribution in [3.05, 3.63) is 11.8 Å². The summed E-state index contributed by atoms with van der Waals surface area (Å²) in [6, 6.07) is -0.0805. The Bertz CT molecular complexity index is 267. The summed E-state index contributed by atoms with van der Waals surface area (Å²) in [4.78, 5) is 0. The van der Waals surface area contributed by atoms with Gasteiger partial charge in [0.15, 0.2) is 0 Å². The molecule has 0 aromatic carbocycles. The van der Waals surface area contributed by atoms with Gasteiger partial charge in [0, 0.05) is 13.0 Å². The molecule has 3 nitrogen and oxygen atoms in total. The van der Waals surface area contributed by atoms with Crippen LogP contribution in [0.3, 0.4) is 0 Å². The molecule has 0 amide bonds. The first kappa shape index (κ1) is 12.9. The van der Waals surface area contributed by atoms with Crippen LogP contribution in [0.1, 0.15) is 51.9 Å². The first-order valence-corrected chi connectivity index (χ1v) is 7.01. The van der Waals surface area contributed by atoms with Gasteiger partial charge in [-0.1, -0.05) is 25.7 Å². The highest BCUT2D eigenvalue weighted by molar-refractivity contribution is 5.14. The van der Waals surface area contributed by atoms with E-state index in [1.165, 1.54) is 25.7 Å². The minimum atomic E-state index is -0.179. The van der Waals surface area contributed by atoms with Gasteiger partial charge in [-0.2, -0.15) is 0 Å². The van der Waals surface area contributed by atoms with E-state index in [-0.39, 0.29) is 11.6 Å². The molecule has 0 spiro atoms. The van der Waals surface area contributed by atoms with E-state index in [0.717, 1.165) is 38.2 Å². The molecule has 1 saturated carbocycles. The average molecular weight is 239 g/mol. The molecule has 2 rings (SSSR count). The van der Waals surface area contributed by atoms with Gasteiger partial charge in [-0.3, -0.25) is 0 Å².